The van der Waals surface area contributed by atoms with Gasteiger partial charge in [0.05, 0.1) is 5.69 Å². The highest BCUT2D eigenvalue weighted by atomic mass is 79.9. The first-order valence-electron chi connectivity index (χ1n) is 6.75. The zero-order valence-electron chi connectivity index (χ0n) is 12.2. The average Bonchev–Trinajstić information content (AvgIpc) is 2.86. The first-order chi connectivity index (χ1) is 10.4. The molecule has 0 spiro atoms. The Morgan fingerprint density at radius 3 is 2.64 bits per heavy atom. The molecule has 7 heteroatoms. The van der Waals surface area contributed by atoms with E-state index in [0.29, 0.717) is 22.2 Å². The Morgan fingerprint density at radius 1 is 1.41 bits per heavy atom. The van der Waals surface area contributed by atoms with E-state index in [1.807, 2.05) is 6.92 Å². The maximum absolute atomic E-state index is 12.3. The molecule has 6 nitrogen and oxygen atoms in total. The van der Waals surface area contributed by atoms with E-state index in [4.69, 9.17) is 0 Å². The number of nitrogens with zero attached hydrogens (tertiary/aromatic N) is 2. The van der Waals surface area contributed by atoms with Crippen molar-refractivity contribution in [2.75, 3.05) is 0 Å². The molecule has 1 aromatic heterocycles. The summed E-state index contributed by atoms with van der Waals surface area (Å²) in [4.78, 5) is 23.9. The van der Waals surface area contributed by atoms with Gasteiger partial charge >= 0.3 is 5.97 Å². The van der Waals surface area contributed by atoms with Crippen molar-refractivity contribution in [3.05, 3.63) is 51.8 Å². The summed E-state index contributed by atoms with van der Waals surface area (Å²) in [6, 6.07) is 7.42. The van der Waals surface area contributed by atoms with Crippen molar-refractivity contribution in [3.63, 3.8) is 0 Å². The van der Waals surface area contributed by atoms with Gasteiger partial charge in [-0.15, -0.1) is 0 Å². The summed E-state index contributed by atoms with van der Waals surface area (Å²) in [5, 5.41) is 16.1. The fourth-order valence-corrected chi connectivity index (χ4v) is 2.61. The Balaban J connectivity index is 2.28. The summed E-state index contributed by atoms with van der Waals surface area (Å²) in [5.74, 6) is -1.60. The Labute approximate surface area is 136 Å². The van der Waals surface area contributed by atoms with Crippen molar-refractivity contribution < 1.29 is 14.7 Å². The first kappa shape index (κ1) is 16.2. The van der Waals surface area contributed by atoms with Gasteiger partial charge in [-0.3, -0.25) is 9.48 Å². The van der Waals surface area contributed by atoms with Crippen LogP contribution in [0.2, 0.25) is 0 Å². The predicted octanol–water partition coefficient (Wildman–Crippen LogP) is 2.30. The topological polar surface area (TPSA) is 84.2 Å². The van der Waals surface area contributed by atoms with Gasteiger partial charge in [-0.25, -0.2) is 4.79 Å². The number of aliphatic carboxylic acids is 1. The molecule has 0 aliphatic rings. The van der Waals surface area contributed by atoms with Crippen molar-refractivity contribution in [1.29, 1.82) is 0 Å². The van der Waals surface area contributed by atoms with E-state index in [1.54, 1.807) is 37.4 Å². The van der Waals surface area contributed by atoms with Crippen LogP contribution in [-0.4, -0.2) is 26.8 Å². The number of hydrogen-bond acceptors (Lipinski definition) is 3. The summed E-state index contributed by atoms with van der Waals surface area (Å²) in [7, 11) is 1.66. The molecular formula is C15H16BrN3O3. The molecule has 1 heterocycles. The van der Waals surface area contributed by atoms with Gasteiger partial charge in [0.25, 0.3) is 5.91 Å². The van der Waals surface area contributed by atoms with Crippen LogP contribution in [0.4, 0.5) is 0 Å². The maximum Gasteiger partial charge on any atom is 0.330 e. The zero-order valence-corrected chi connectivity index (χ0v) is 13.8. The van der Waals surface area contributed by atoms with E-state index >= 15 is 0 Å². The highest BCUT2D eigenvalue weighted by Gasteiger charge is 2.25. The van der Waals surface area contributed by atoms with Crippen LogP contribution in [0.1, 0.15) is 34.7 Å². The Bertz CT molecular complexity index is 712. The minimum atomic E-state index is -1.14. The summed E-state index contributed by atoms with van der Waals surface area (Å²) in [6.07, 6.45) is 0.702. The fraction of sp³-hybridized carbons (Fsp3) is 0.267. The van der Waals surface area contributed by atoms with Crippen molar-refractivity contribution in [2.45, 2.75) is 19.4 Å². The molecule has 1 unspecified atom stereocenters. The number of carbonyl (C=O) groups excluding carboxylic acids is 1. The summed E-state index contributed by atoms with van der Waals surface area (Å²) in [5.41, 5.74) is 1.59. The first-order valence-corrected chi connectivity index (χ1v) is 7.54. The molecule has 1 aromatic carbocycles. The second-order valence-corrected chi connectivity index (χ2v) is 5.62. The van der Waals surface area contributed by atoms with Crippen LogP contribution in [0.5, 0.6) is 0 Å². The van der Waals surface area contributed by atoms with Crippen molar-refractivity contribution >= 4 is 27.8 Å². The van der Waals surface area contributed by atoms with Crippen LogP contribution in [0.25, 0.3) is 0 Å². The van der Waals surface area contributed by atoms with Gasteiger partial charge in [0.2, 0.25) is 0 Å². The lowest BCUT2D eigenvalue weighted by Gasteiger charge is -2.16. The third kappa shape index (κ3) is 3.36. The SMILES string of the molecule is CCc1cc(C(=O)NC(C(=O)O)c2ccccc2Br)n(C)n1. The Kier molecular flexibility index (Phi) is 4.97. The molecule has 2 rings (SSSR count). The van der Waals surface area contributed by atoms with Crippen LogP contribution in [0.15, 0.2) is 34.8 Å². The molecule has 22 heavy (non-hydrogen) atoms. The molecule has 0 saturated heterocycles. The van der Waals surface area contributed by atoms with E-state index in [1.165, 1.54) is 4.68 Å². The number of hydrogen-bond donors (Lipinski definition) is 2. The molecule has 0 aliphatic heterocycles. The largest absolute Gasteiger partial charge is 0.479 e. The Hall–Kier alpha value is -2.15. The minimum absolute atomic E-state index is 0.329. The third-order valence-electron chi connectivity index (χ3n) is 3.26. The molecule has 0 aliphatic carbocycles. The normalized spacial score (nSPS) is 12.0. The van der Waals surface area contributed by atoms with Gasteiger partial charge in [0.1, 0.15) is 5.69 Å². The van der Waals surface area contributed by atoms with Crippen molar-refractivity contribution in [2.24, 2.45) is 7.05 Å². The highest BCUT2D eigenvalue weighted by Crippen LogP contribution is 2.23. The van der Waals surface area contributed by atoms with Gasteiger partial charge in [-0.05, 0) is 24.1 Å². The van der Waals surface area contributed by atoms with Crippen LogP contribution in [-0.2, 0) is 18.3 Å². The quantitative estimate of drug-likeness (QED) is 0.851. The van der Waals surface area contributed by atoms with Gasteiger partial charge in [-0.2, -0.15) is 5.10 Å². The summed E-state index contributed by atoms with van der Waals surface area (Å²) >= 11 is 3.31. The number of aryl methyl sites for hydroxylation is 2. The van der Waals surface area contributed by atoms with Gasteiger partial charge in [0, 0.05) is 11.5 Å². The zero-order chi connectivity index (χ0) is 16.3. The number of rotatable bonds is 5. The lowest BCUT2D eigenvalue weighted by atomic mass is 10.1. The van der Waals surface area contributed by atoms with Crippen LogP contribution in [0, 0.1) is 0 Å². The van der Waals surface area contributed by atoms with Crippen LogP contribution >= 0.6 is 15.9 Å². The number of aromatic nitrogens is 2. The number of benzene rings is 1. The number of carboxylic acids is 1. The van der Waals surface area contributed by atoms with E-state index in [0.717, 1.165) is 5.69 Å². The lowest BCUT2D eigenvalue weighted by Crippen LogP contribution is -2.35. The molecule has 0 radical (unpaired) electrons. The molecule has 0 fully saturated rings. The van der Waals surface area contributed by atoms with Crippen molar-refractivity contribution in [3.8, 4) is 0 Å². The number of amides is 1. The molecule has 0 saturated carbocycles. The summed E-state index contributed by atoms with van der Waals surface area (Å²) < 4.78 is 2.08. The molecule has 1 atom stereocenters. The molecular weight excluding hydrogens is 350 g/mol. The van der Waals surface area contributed by atoms with Gasteiger partial charge in [-0.1, -0.05) is 41.1 Å². The highest BCUT2D eigenvalue weighted by molar-refractivity contribution is 9.10. The maximum atomic E-state index is 12.3. The third-order valence-corrected chi connectivity index (χ3v) is 3.99. The van der Waals surface area contributed by atoms with Crippen LogP contribution in [0.3, 0.4) is 0 Å². The van der Waals surface area contributed by atoms with E-state index in [9.17, 15) is 14.7 Å². The van der Waals surface area contributed by atoms with Crippen LogP contribution < -0.4 is 5.32 Å². The van der Waals surface area contributed by atoms with Crippen molar-refractivity contribution in [1.82, 2.24) is 15.1 Å². The van der Waals surface area contributed by atoms with Gasteiger partial charge in [0.15, 0.2) is 6.04 Å². The molecule has 0 bridgehead atoms. The molecule has 1 amide bonds. The van der Waals surface area contributed by atoms with E-state index < -0.39 is 17.9 Å². The summed E-state index contributed by atoms with van der Waals surface area (Å²) in [6.45, 7) is 1.94. The monoisotopic (exact) mass is 365 g/mol. The molecule has 2 aromatic rings. The second kappa shape index (κ2) is 6.74. The second-order valence-electron chi connectivity index (χ2n) is 4.76. The number of halogens is 1. The predicted molar refractivity (Wildman–Crippen MR) is 84.6 cm³/mol. The van der Waals surface area contributed by atoms with E-state index in [-0.39, 0.29) is 0 Å². The molecule has 116 valence electrons. The average molecular weight is 366 g/mol. The minimum Gasteiger partial charge on any atom is -0.479 e. The Morgan fingerprint density at radius 2 is 2.09 bits per heavy atom. The lowest BCUT2D eigenvalue weighted by molar-refractivity contribution is -0.139. The number of carbonyl (C=O) groups is 2. The van der Waals surface area contributed by atoms with Gasteiger partial charge < -0.3 is 10.4 Å². The number of carboxylic acid groups (broad SMARTS) is 1. The molecule has 2 N–H and O–H groups in total. The number of nitrogens with one attached hydrogen (secondary N) is 1. The fourth-order valence-electron chi connectivity index (χ4n) is 2.10. The smallest absolute Gasteiger partial charge is 0.330 e. The van der Waals surface area contributed by atoms with E-state index in [2.05, 4.69) is 26.3 Å². The standard InChI is InChI=1S/C15H16BrN3O3/c1-3-9-8-12(19(2)18-9)14(20)17-13(15(21)22)10-6-4-5-7-11(10)16/h4-8,13H,3H2,1-2H3,(H,17,20)(H,21,22).